The van der Waals surface area contributed by atoms with Crippen molar-refractivity contribution in [3.8, 4) is 11.5 Å². The first kappa shape index (κ1) is 16.6. The number of ether oxygens (including phenoxy) is 2. The third-order valence-corrected chi connectivity index (χ3v) is 3.66. The molecule has 0 aliphatic rings. The molecule has 0 saturated carbocycles. The summed E-state index contributed by atoms with van der Waals surface area (Å²) < 4.78 is 15.6. The van der Waals surface area contributed by atoms with Gasteiger partial charge in [-0.1, -0.05) is 41.6 Å². The highest BCUT2D eigenvalue weighted by Crippen LogP contribution is 2.16. The monoisotopic (exact) mass is 333 g/mol. The fourth-order valence-corrected chi connectivity index (χ4v) is 2.25. The molecule has 0 radical (unpaired) electrons. The van der Waals surface area contributed by atoms with Crippen LogP contribution in [-0.2, 0) is 0 Å². The Bertz CT molecular complexity index is 787. The maximum Gasteiger partial charge on any atom is 0.160 e. The van der Waals surface area contributed by atoms with Crippen molar-refractivity contribution >= 4 is 24.3 Å². The summed E-state index contributed by atoms with van der Waals surface area (Å²) in [5.74, 6) is 2.37. The summed E-state index contributed by atoms with van der Waals surface area (Å²) in [6, 6.07) is 17.5. The highest BCUT2D eigenvalue weighted by Gasteiger charge is 1.98. The van der Waals surface area contributed by atoms with Gasteiger partial charge in [0.2, 0.25) is 0 Å². The van der Waals surface area contributed by atoms with Crippen LogP contribution in [0.5, 0.6) is 11.5 Å². The second kappa shape index (κ2) is 8.02. The van der Waals surface area contributed by atoms with Crippen molar-refractivity contribution in [2.75, 3.05) is 14.2 Å². The summed E-state index contributed by atoms with van der Waals surface area (Å²) in [7, 11) is 3.31. The van der Waals surface area contributed by atoms with E-state index >= 15 is 0 Å². The summed E-state index contributed by atoms with van der Waals surface area (Å²) in [4.78, 5) is 0. The third-order valence-electron chi connectivity index (χ3n) is 3.66. The zero-order valence-corrected chi connectivity index (χ0v) is 14.2. The summed E-state index contributed by atoms with van der Waals surface area (Å²) in [6.07, 6.45) is 7.75. The molecule has 0 unspecified atom stereocenters. The lowest BCUT2D eigenvalue weighted by Crippen LogP contribution is -1.81. The first-order valence-electron chi connectivity index (χ1n) is 7.88. The summed E-state index contributed by atoms with van der Waals surface area (Å²) in [6.45, 7) is 0. The van der Waals surface area contributed by atoms with Crippen molar-refractivity contribution in [1.29, 1.82) is 0 Å². The third kappa shape index (κ3) is 4.61. The molecular formula is C21H19NO3. The van der Waals surface area contributed by atoms with E-state index in [1.165, 1.54) is 0 Å². The quantitative estimate of drug-likeness (QED) is 0.634. The molecule has 0 aliphatic heterocycles. The van der Waals surface area contributed by atoms with Gasteiger partial charge in [-0.15, -0.1) is 0 Å². The molecule has 3 rings (SSSR count). The van der Waals surface area contributed by atoms with Crippen LogP contribution in [0.1, 0.15) is 22.6 Å². The van der Waals surface area contributed by atoms with Crippen LogP contribution >= 0.6 is 0 Å². The highest BCUT2D eigenvalue weighted by molar-refractivity contribution is 5.71. The van der Waals surface area contributed by atoms with Crippen LogP contribution in [0.15, 0.2) is 59.1 Å². The molecule has 25 heavy (non-hydrogen) atoms. The number of aromatic nitrogens is 1. The number of benzene rings is 2. The van der Waals surface area contributed by atoms with E-state index in [0.717, 1.165) is 28.3 Å². The van der Waals surface area contributed by atoms with E-state index in [9.17, 15) is 0 Å². The molecule has 4 heteroatoms. The van der Waals surface area contributed by atoms with Gasteiger partial charge in [0.25, 0.3) is 0 Å². The van der Waals surface area contributed by atoms with Crippen molar-refractivity contribution in [3.05, 3.63) is 77.2 Å². The normalized spacial score (nSPS) is 11.3. The SMILES string of the molecule is COc1ccc(/C=C/c2cc(/C=C/c3ccc(OC)cc3)on2)cc1. The highest BCUT2D eigenvalue weighted by atomic mass is 16.5. The van der Waals surface area contributed by atoms with Crippen LogP contribution in [-0.4, -0.2) is 19.4 Å². The zero-order valence-electron chi connectivity index (χ0n) is 14.2. The van der Waals surface area contributed by atoms with Gasteiger partial charge in [0, 0.05) is 6.07 Å². The average Bonchev–Trinajstić information content (AvgIpc) is 3.13. The van der Waals surface area contributed by atoms with Gasteiger partial charge >= 0.3 is 0 Å². The lowest BCUT2D eigenvalue weighted by atomic mass is 10.2. The fourth-order valence-electron chi connectivity index (χ4n) is 2.25. The number of nitrogens with zero attached hydrogens (tertiary/aromatic N) is 1. The molecule has 4 nitrogen and oxygen atoms in total. The van der Waals surface area contributed by atoms with Crippen molar-refractivity contribution < 1.29 is 14.0 Å². The first-order valence-corrected chi connectivity index (χ1v) is 7.88. The fraction of sp³-hybridized carbons (Fsp3) is 0.0952. The van der Waals surface area contributed by atoms with Crippen LogP contribution in [0.3, 0.4) is 0 Å². The summed E-state index contributed by atoms with van der Waals surface area (Å²) in [5, 5.41) is 4.05. The first-order chi connectivity index (χ1) is 12.3. The van der Waals surface area contributed by atoms with Crippen molar-refractivity contribution in [2.24, 2.45) is 0 Å². The Morgan fingerprint density at radius 3 is 1.76 bits per heavy atom. The lowest BCUT2D eigenvalue weighted by molar-refractivity contribution is 0.411. The Morgan fingerprint density at radius 1 is 0.720 bits per heavy atom. The second-order valence-corrected chi connectivity index (χ2v) is 5.37. The molecule has 2 aromatic carbocycles. The van der Waals surface area contributed by atoms with Crippen molar-refractivity contribution in [1.82, 2.24) is 5.16 Å². The van der Waals surface area contributed by atoms with Gasteiger partial charge in [0.05, 0.1) is 14.2 Å². The molecular weight excluding hydrogens is 314 g/mol. The molecule has 1 heterocycles. The molecule has 0 N–H and O–H groups in total. The van der Waals surface area contributed by atoms with Crippen molar-refractivity contribution in [2.45, 2.75) is 0 Å². The number of hydrogen-bond donors (Lipinski definition) is 0. The van der Waals surface area contributed by atoms with Crippen molar-refractivity contribution in [3.63, 3.8) is 0 Å². The Hall–Kier alpha value is -3.27. The van der Waals surface area contributed by atoms with E-state index < -0.39 is 0 Å². The lowest BCUT2D eigenvalue weighted by Gasteiger charge is -1.98. The molecule has 1 aromatic heterocycles. The van der Waals surface area contributed by atoms with Crippen LogP contribution in [0.4, 0.5) is 0 Å². The Labute approximate surface area is 147 Å². The standard InChI is InChI=1S/C21H19NO3/c1-23-19-10-4-16(5-11-19)3-9-18-15-21(25-22-18)14-8-17-6-12-20(24-2)13-7-17/h3-15H,1-2H3/b9-3+,14-8+. The van der Waals surface area contributed by atoms with Gasteiger partial charge in [0.15, 0.2) is 5.76 Å². The van der Waals surface area contributed by atoms with E-state index in [1.54, 1.807) is 14.2 Å². The predicted octanol–water partition coefficient (Wildman–Crippen LogP) is 5.03. The van der Waals surface area contributed by atoms with Crippen LogP contribution in [0, 0.1) is 0 Å². The van der Waals surface area contributed by atoms with Crippen LogP contribution in [0.2, 0.25) is 0 Å². The largest absolute Gasteiger partial charge is 0.497 e. The summed E-state index contributed by atoms with van der Waals surface area (Å²) in [5.41, 5.74) is 2.90. The van der Waals surface area contributed by atoms with Gasteiger partial charge in [-0.3, -0.25) is 0 Å². The average molecular weight is 333 g/mol. The topological polar surface area (TPSA) is 44.5 Å². The molecule has 0 bridgehead atoms. The molecule has 0 amide bonds. The number of methoxy groups -OCH3 is 2. The Morgan fingerprint density at radius 2 is 1.24 bits per heavy atom. The van der Waals surface area contributed by atoms with Gasteiger partial charge in [-0.25, -0.2) is 0 Å². The predicted molar refractivity (Wildman–Crippen MR) is 100 cm³/mol. The molecule has 0 atom stereocenters. The van der Waals surface area contributed by atoms with E-state index in [2.05, 4.69) is 5.16 Å². The Balaban J connectivity index is 1.64. The van der Waals surface area contributed by atoms with Gasteiger partial charge in [-0.2, -0.15) is 0 Å². The maximum atomic E-state index is 5.32. The molecule has 0 aliphatic carbocycles. The minimum Gasteiger partial charge on any atom is -0.497 e. The van der Waals surface area contributed by atoms with E-state index in [1.807, 2.05) is 78.9 Å². The van der Waals surface area contributed by atoms with E-state index in [-0.39, 0.29) is 0 Å². The second-order valence-electron chi connectivity index (χ2n) is 5.37. The van der Waals surface area contributed by atoms with E-state index in [4.69, 9.17) is 14.0 Å². The Kier molecular flexibility index (Phi) is 5.32. The van der Waals surface area contributed by atoms with Gasteiger partial charge in [0.1, 0.15) is 17.2 Å². The minimum absolute atomic E-state index is 0.699. The summed E-state index contributed by atoms with van der Waals surface area (Å²) >= 11 is 0. The van der Waals surface area contributed by atoms with Gasteiger partial charge in [-0.05, 0) is 47.5 Å². The van der Waals surface area contributed by atoms with Crippen LogP contribution < -0.4 is 9.47 Å². The number of rotatable bonds is 6. The molecule has 0 spiro atoms. The zero-order chi connectivity index (χ0) is 17.5. The molecule has 0 fully saturated rings. The van der Waals surface area contributed by atoms with Gasteiger partial charge < -0.3 is 14.0 Å². The molecule has 0 saturated heterocycles. The van der Waals surface area contributed by atoms with E-state index in [0.29, 0.717) is 5.76 Å². The smallest absolute Gasteiger partial charge is 0.160 e. The number of hydrogen-bond acceptors (Lipinski definition) is 4. The molecule has 126 valence electrons. The van der Waals surface area contributed by atoms with Crippen LogP contribution in [0.25, 0.3) is 24.3 Å². The maximum absolute atomic E-state index is 5.32. The molecule has 3 aromatic rings. The minimum atomic E-state index is 0.699.